The van der Waals surface area contributed by atoms with E-state index in [1.54, 1.807) is 6.92 Å². The minimum atomic E-state index is -0.848. The van der Waals surface area contributed by atoms with Gasteiger partial charge in [0.2, 0.25) is 0 Å². The number of nitrogen functional groups attached to an aromatic ring is 1. The number of nitrogens with zero attached hydrogens (tertiary/aromatic N) is 2. The number of hydrogen-bond donors (Lipinski definition) is 1. The van der Waals surface area contributed by atoms with Crippen molar-refractivity contribution in [1.29, 1.82) is 0 Å². The molecule has 0 aliphatic carbocycles. The van der Waals surface area contributed by atoms with E-state index in [1.165, 1.54) is 24.6 Å². The van der Waals surface area contributed by atoms with Crippen molar-refractivity contribution < 1.29 is 23.8 Å². The Labute approximate surface area is 132 Å². The van der Waals surface area contributed by atoms with E-state index in [4.69, 9.17) is 19.9 Å². The Morgan fingerprint density at radius 1 is 1.43 bits per heavy atom. The lowest BCUT2D eigenvalue weighted by atomic mass is 10.2. The zero-order valence-electron chi connectivity index (χ0n) is 13.1. The fraction of sp³-hybridized carbons (Fsp3) is 0.571. The van der Waals surface area contributed by atoms with Crippen LogP contribution < -0.4 is 11.4 Å². The maximum atomic E-state index is 12.0. The lowest BCUT2D eigenvalue weighted by molar-refractivity contribution is -0.153. The average molecular weight is 325 g/mol. The van der Waals surface area contributed by atoms with E-state index in [0.717, 1.165) is 0 Å². The highest BCUT2D eigenvalue weighted by atomic mass is 16.6. The van der Waals surface area contributed by atoms with Crippen molar-refractivity contribution in [1.82, 2.24) is 9.55 Å². The van der Waals surface area contributed by atoms with Crippen molar-refractivity contribution in [3.05, 3.63) is 22.2 Å². The summed E-state index contributed by atoms with van der Waals surface area (Å²) in [6.07, 6.45) is -0.222. The molecule has 0 aromatic carbocycles. The van der Waals surface area contributed by atoms with Crippen LogP contribution in [-0.2, 0) is 23.8 Å². The minimum absolute atomic E-state index is 0.0136. The van der Waals surface area contributed by atoms with Crippen LogP contribution in [0.25, 0.3) is 0 Å². The fourth-order valence-corrected chi connectivity index (χ4v) is 2.36. The highest BCUT2D eigenvalue weighted by Crippen LogP contribution is 2.31. The highest BCUT2D eigenvalue weighted by Gasteiger charge is 2.40. The zero-order chi connectivity index (χ0) is 17.1. The number of nitrogens with two attached hydrogens (primary N) is 1. The van der Waals surface area contributed by atoms with E-state index >= 15 is 0 Å². The quantitative estimate of drug-likeness (QED) is 0.762. The van der Waals surface area contributed by atoms with E-state index in [1.807, 2.05) is 0 Å². The number of carbonyl (C=O) groups is 2. The SMILES string of the molecule is CC(=O)OC[C@@H]1C[C@@H](OC(C)=O)[C@H](n2cc(C)c(N)nc2=O)O1. The number of ether oxygens (including phenoxy) is 3. The first-order valence-electron chi connectivity index (χ1n) is 7.09. The molecule has 1 aromatic heterocycles. The first-order chi connectivity index (χ1) is 10.8. The van der Waals surface area contributed by atoms with E-state index in [9.17, 15) is 14.4 Å². The number of anilines is 1. The number of aryl methyl sites for hydroxylation is 1. The molecule has 1 aliphatic rings. The molecule has 2 rings (SSSR count). The van der Waals surface area contributed by atoms with Crippen LogP contribution >= 0.6 is 0 Å². The molecule has 9 heteroatoms. The van der Waals surface area contributed by atoms with Crippen LogP contribution in [0.5, 0.6) is 0 Å². The van der Waals surface area contributed by atoms with Crippen molar-refractivity contribution in [3.63, 3.8) is 0 Å². The van der Waals surface area contributed by atoms with Crippen LogP contribution in [0.1, 0.15) is 32.1 Å². The van der Waals surface area contributed by atoms with Gasteiger partial charge in [0, 0.05) is 32.0 Å². The molecule has 0 amide bonds. The van der Waals surface area contributed by atoms with Crippen LogP contribution in [0.4, 0.5) is 5.82 Å². The Hall–Kier alpha value is -2.42. The van der Waals surface area contributed by atoms with Crippen LogP contribution in [0.15, 0.2) is 11.0 Å². The summed E-state index contributed by atoms with van der Waals surface area (Å²) in [6.45, 7) is 4.27. The van der Waals surface area contributed by atoms with Gasteiger partial charge in [0.15, 0.2) is 6.23 Å². The number of hydrogen-bond acceptors (Lipinski definition) is 8. The highest BCUT2D eigenvalue weighted by molar-refractivity contribution is 5.66. The van der Waals surface area contributed by atoms with Gasteiger partial charge in [0.25, 0.3) is 0 Å². The first kappa shape index (κ1) is 16.9. The number of esters is 2. The molecule has 126 valence electrons. The standard InChI is InChI=1S/C14H19N3O6/c1-7-5-17(14(20)16-12(7)15)13-11(22-9(3)19)4-10(23-13)6-21-8(2)18/h5,10-11,13H,4,6H2,1-3H3,(H2,15,16,20)/t10-,11+,13+/m0/s1. The Morgan fingerprint density at radius 3 is 2.74 bits per heavy atom. The largest absolute Gasteiger partial charge is 0.463 e. The van der Waals surface area contributed by atoms with Gasteiger partial charge in [0.1, 0.15) is 18.5 Å². The molecule has 2 heterocycles. The normalized spacial score (nSPS) is 23.5. The molecular weight excluding hydrogens is 306 g/mol. The Kier molecular flexibility index (Phi) is 4.99. The molecule has 0 radical (unpaired) electrons. The van der Waals surface area contributed by atoms with Crippen LogP contribution in [0, 0.1) is 6.92 Å². The first-order valence-corrected chi connectivity index (χ1v) is 7.09. The predicted molar refractivity (Wildman–Crippen MR) is 78.4 cm³/mol. The van der Waals surface area contributed by atoms with Crippen molar-refractivity contribution in [3.8, 4) is 0 Å². The minimum Gasteiger partial charge on any atom is -0.463 e. The Balaban J connectivity index is 2.26. The molecular formula is C14H19N3O6. The second-order valence-corrected chi connectivity index (χ2v) is 5.33. The molecule has 2 N–H and O–H groups in total. The van der Waals surface area contributed by atoms with Gasteiger partial charge in [-0.25, -0.2) is 4.79 Å². The summed E-state index contributed by atoms with van der Waals surface area (Å²) in [5, 5.41) is 0. The van der Waals surface area contributed by atoms with Gasteiger partial charge >= 0.3 is 17.6 Å². The summed E-state index contributed by atoms with van der Waals surface area (Å²) in [5.74, 6) is -0.807. The van der Waals surface area contributed by atoms with Crippen molar-refractivity contribution in [2.24, 2.45) is 0 Å². The van der Waals surface area contributed by atoms with Gasteiger partial charge in [-0.15, -0.1) is 0 Å². The summed E-state index contributed by atoms with van der Waals surface area (Å²) < 4.78 is 17.1. The summed E-state index contributed by atoms with van der Waals surface area (Å²) in [4.78, 5) is 37.9. The summed E-state index contributed by atoms with van der Waals surface area (Å²) in [7, 11) is 0. The molecule has 0 saturated carbocycles. The van der Waals surface area contributed by atoms with Crippen molar-refractivity contribution >= 4 is 17.8 Å². The van der Waals surface area contributed by atoms with E-state index in [2.05, 4.69) is 4.98 Å². The topological polar surface area (TPSA) is 123 Å². The third-order valence-electron chi connectivity index (χ3n) is 3.38. The average Bonchev–Trinajstić information content (AvgIpc) is 2.82. The van der Waals surface area contributed by atoms with E-state index < -0.39 is 36.1 Å². The number of carbonyl (C=O) groups excluding carboxylic acids is 2. The Morgan fingerprint density at radius 2 is 2.13 bits per heavy atom. The van der Waals surface area contributed by atoms with Crippen LogP contribution in [0.2, 0.25) is 0 Å². The number of aromatic nitrogens is 2. The van der Waals surface area contributed by atoms with Gasteiger partial charge in [-0.3, -0.25) is 14.2 Å². The number of rotatable bonds is 4. The zero-order valence-corrected chi connectivity index (χ0v) is 13.1. The molecule has 3 atom stereocenters. The Bertz CT molecular complexity index is 671. The van der Waals surface area contributed by atoms with Crippen molar-refractivity contribution in [2.75, 3.05) is 12.3 Å². The summed E-state index contributed by atoms with van der Waals surface area (Å²) in [5.41, 5.74) is 5.59. The van der Waals surface area contributed by atoms with Gasteiger partial charge in [-0.1, -0.05) is 0 Å². The second-order valence-electron chi connectivity index (χ2n) is 5.33. The molecule has 1 aliphatic heterocycles. The van der Waals surface area contributed by atoms with E-state index in [0.29, 0.717) is 12.0 Å². The molecule has 23 heavy (non-hydrogen) atoms. The predicted octanol–water partition coefficient (Wildman–Crippen LogP) is -0.0838. The molecule has 9 nitrogen and oxygen atoms in total. The lowest BCUT2D eigenvalue weighted by Gasteiger charge is -2.20. The second kappa shape index (κ2) is 6.78. The van der Waals surface area contributed by atoms with Crippen LogP contribution in [-0.4, -0.2) is 40.3 Å². The maximum absolute atomic E-state index is 12.0. The van der Waals surface area contributed by atoms with Crippen LogP contribution in [0.3, 0.4) is 0 Å². The lowest BCUT2D eigenvalue weighted by Crippen LogP contribution is -2.34. The molecule has 1 saturated heterocycles. The molecule has 1 fully saturated rings. The van der Waals surface area contributed by atoms with Gasteiger partial charge in [0.05, 0.1) is 6.10 Å². The van der Waals surface area contributed by atoms with E-state index in [-0.39, 0.29) is 12.4 Å². The molecule has 1 aromatic rings. The molecule has 0 unspecified atom stereocenters. The third-order valence-corrected chi connectivity index (χ3v) is 3.38. The van der Waals surface area contributed by atoms with Gasteiger partial charge < -0.3 is 19.9 Å². The van der Waals surface area contributed by atoms with Gasteiger partial charge in [-0.05, 0) is 6.92 Å². The monoisotopic (exact) mass is 325 g/mol. The van der Waals surface area contributed by atoms with Gasteiger partial charge in [-0.2, -0.15) is 4.98 Å². The summed E-state index contributed by atoms with van der Waals surface area (Å²) >= 11 is 0. The molecule has 0 bridgehead atoms. The summed E-state index contributed by atoms with van der Waals surface area (Å²) in [6, 6.07) is 0. The fourth-order valence-electron chi connectivity index (χ4n) is 2.36. The maximum Gasteiger partial charge on any atom is 0.351 e. The smallest absolute Gasteiger partial charge is 0.351 e. The molecule has 0 spiro atoms. The third kappa shape index (κ3) is 4.07. The van der Waals surface area contributed by atoms with Crippen molar-refractivity contribution in [2.45, 2.75) is 45.6 Å².